The highest BCUT2D eigenvalue weighted by molar-refractivity contribution is 5.74. The number of amides is 1. The second-order valence-corrected chi connectivity index (χ2v) is 7.50. The second-order valence-electron chi connectivity index (χ2n) is 7.50. The Balaban J connectivity index is 2.01. The van der Waals surface area contributed by atoms with Gasteiger partial charge in [0.2, 0.25) is 0 Å². The molecule has 1 heterocycles. The number of aliphatic hydroxyl groups excluding tert-OH is 1. The number of nitrogens with zero attached hydrogens (tertiary/aromatic N) is 4. The molecule has 0 spiro atoms. The zero-order chi connectivity index (χ0) is 21.0. The van der Waals surface area contributed by atoms with E-state index < -0.39 is 11.6 Å². The number of aliphatic hydroxyl groups is 1. The normalized spacial score (nSPS) is 11.3. The monoisotopic (exact) mass is 395 g/mol. The summed E-state index contributed by atoms with van der Waals surface area (Å²) in [6.07, 6.45) is 0.00633. The number of carbonyl (C=O) groups excluding carboxylic acids is 1. The number of aryl methyl sites for hydroxylation is 2. The topological polar surface area (TPSA) is 102 Å². The molecule has 3 aromatic rings. The standard InChI is InChI=1S/C21H25N5O3/c1-5-19-23-24-25-26(19)17-10-16(15-8-6-14(2)7-9-15)11-18(12-17)29-20(28)22-21(3,4)13-27/h6-12,27H,5,13H2,1-4H3,(H,22,28). The minimum absolute atomic E-state index is 0.207. The molecular weight excluding hydrogens is 370 g/mol. The van der Waals surface area contributed by atoms with Crippen LogP contribution in [0.2, 0.25) is 0 Å². The number of hydrogen-bond acceptors (Lipinski definition) is 6. The van der Waals surface area contributed by atoms with Crippen LogP contribution in [0.15, 0.2) is 42.5 Å². The van der Waals surface area contributed by atoms with E-state index in [1.165, 1.54) is 0 Å². The third kappa shape index (κ3) is 4.97. The fourth-order valence-corrected chi connectivity index (χ4v) is 2.75. The van der Waals surface area contributed by atoms with E-state index in [1.807, 2.05) is 44.2 Å². The average molecular weight is 395 g/mol. The summed E-state index contributed by atoms with van der Waals surface area (Å²) in [6, 6.07) is 13.5. The minimum Gasteiger partial charge on any atom is -0.410 e. The van der Waals surface area contributed by atoms with Gasteiger partial charge in [-0.05, 0) is 54.5 Å². The molecule has 1 aromatic heterocycles. The predicted molar refractivity (Wildman–Crippen MR) is 109 cm³/mol. The highest BCUT2D eigenvalue weighted by Gasteiger charge is 2.21. The van der Waals surface area contributed by atoms with Gasteiger partial charge in [-0.2, -0.15) is 4.68 Å². The molecule has 152 valence electrons. The van der Waals surface area contributed by atoms with Crippen molar-refractivity contribution in [1.82, 2.24) is 25.5 Å². The maximum absolute atomic E-state index is 12.3. The van der Waals surface area contributed by atoms with E-state index in [1.54, 1.807) is 30.7 Å². The summed E-state index contributed by atoms with van der Waals surface area (Å²) in [5.41, 5.74) is 2.89. The van der Waals surface area contributed by atoms with Crippen molar-refractivity contribution < 1.29 is 14.6 Å². The summed E-state index contributed by atoms with van der Waals surface area (Å²) >= 11 is 0. The van der Waals surface area contributed by atoms with E-state index in [0.717, 1.165) is 16.7 Å². The van der Waals surface area contributed by atoms with Gasteiger partial charge in [0.15, 0.2) is 5.82 Å². The van der Waals surface area contributed by atoms with Gasteiger partial charge >= 0.3 is 6.09 Å². The van der Waals surface area contributed by atoms with Crippen molar-refractivity contribution >= 4 is 6.09 Å². The lowest BCUT2D eigenvalue weighted by Crippen LogP contribution is -2.47. The highest BCUT2D eigenvalue weighted by Crippen LogP contribution is 2.28. The van der Waals surface area contributed by atoms with Crippen molar-refractivity contribution in [2.24, 2.45) is 0 Å². The van der Waals surface area contributed by atoms with Gasteiger partial charge in [-0.3, -0.25) is 0 Å². The molecule has 0 radical (unpaired) electrons. The molecule has 0 aliphatic rings. The molecule has 8 heteroatoms. The van der Waals surface area contributed by atoms with E-state index in [2.05, 4.69) is 20.8 Å². The summed E-state index contributed by atoms with van der Waals surface area (Å²) in [4.78, 5) is 12.3. The fraction of sp³-hybridized carbons (Fsp3) is 0.333. The zero-order valence-electron chi connectivity index (χ0n) is 17.0. The lowest BCUT2D eigenvalue weighted by molar-refractivity contribution is 0.159. The molecule has 0 fully saturated rings. The SMILES string of the molecule is CCc1nnnn1-c1cc(OC(=O)NC(C)(C)CO)cc(-c2ccc(C)cc2)c1. The Morgan fingerprint density at radius 3 is 2.55 bits per heavy atom. The van der Waals surface area contributed by atoms with E-state index >= 15 is 0 Å². The number of aromatic nitrogens is 4. The minimum atomic E-state index is -0.792. The molecular formula is C21H25N5O3. The number of benzene rings is 2. The molecule has 0 aliphatic carbocycles. The predicted octanol–water partition coefficient (Wildman–Crippen LogP) is 3.06. The zero-order valence-corrected chi connectivity index (χ0v) is 17.0. The summed E-state index contributed by atoms with van der Waals surface area (Å²) in [5.74, 6) is 1.05. The maximum Gasteiger partial charge on any atom is 0.413 e. The lowest BCUT2D eigenvalue weighted by atomic mass is 10.0. The van der Waals surface area contributed by atoms with Gasteiger partial charge < -0.3 is 15.2 Å². The lowest BCUT2D eigenvalue weighted by Gasteiger charge is -2.23. The third-order valence-electron chi connectivity index (χ3n) is 4.42. The van der Waals surface area contributed by atoms with E-state index in [-0.39, 0.29) is 6.61 Å². The molecule has 3 rings (SSSR count). The Morgan fingerprint density at radius 2 is 1.90 bits per heavy atom. The van der Waals surface area contributed by atoms with Crippen LogP contribution in [0.3, 0.4) is 0 Å². The van der Waals surface area contributed by atoms with Crippen LogP contribution in [0.4, 0.5) is 4.79 Å². The van der Waals surface area contributed by atoms with Crippen molar-refractivity contribution in [2.75, 3.05) is 6.61 Å². The van der Waals surface area contributed by atoms with Crippen molar-refractivity contribution in [3.63, 3.8) is 0 Å². The average Bonchev–Trinajstić information content (AvgIpc) is 3.16. The number of carbonyl (C=O) groups is 1. The van der Waals surface area contributed by atoms with Gasteiger partial charge in [0, 0.05) is 12.5 Å². The van der Waals surface area contributed by atoms with Crippen LogP contribution in [0.5, 0.6) is 5.75 Å². The number of tetrazole rings is 1. The summed E-state index contributed by atoms with van der Waals surface area (Å²) in [6.45, 7) is 7.19. The molecule has 29 heavy (non-hydrogen) atoms. The Labute approximate surface area is 169 Å². The molecule has 1 amide bonds. The molecule has 0 atom stereocenters. The number of nitrogens with one attached hydrogen (secondary N) is 1. The smallest absolute Gasteiger partial charge is 0.410 e. The Bertz CT molecular complexity index is 996. The van der Waals surface area contributed by atoms with Gasteiger partial charge in [-0.1, -0.05) is 36.8 Å². The largest absolute Gasteiger partial charge is 0.413 e. The summed E-state index contributed by atoms with van der Waals surface area (Å²) < 4.78 is 7.13. The van der Waals surface area contributed by atoms with E-state index in [9.17, 15) is 9.90 Å². The molecule has 0 aliphatic heterocycles. The molecule has 2 aromatic carbocycles. The third-order valence-corrected chi connectivity index (χ3v) is 4.42. The van der Waals surface area contributed by atoms with Crippen LogP contribution in [0.25, 0.3) is 16.8 Å². The van der Waals surface area contributed by atoms with Gasteiger partial charge in [-0.25, -0.2) is 4.79 Å². The first-order chi connectivity index (χ1) is 13.8. The van der Waals surface area contributed by atoms with Crippen LogP contribution in [-0.4, -0.2) is 43.6 Å². The first-order valence-corrected chi connectivity index (χ1v) is 9.42. The number of ether oxygens (including phenoxy) is 1. The van der Waals surface area contributed by atoms with Gasteiger partial charge in [0.05, 0.1) is 17.8 Å². The molecule has 0 saturated heterocycles. The molecule has 8 nitrogen and oxygen atoms in total. The fourth-order valence-electron chi connectivity index (χ4n) is 2.75. The van der Waals surface area contributed by atoms with Crippen molar-refractivity contribution in [3.05, 3.63) is 53.9 Å². The van der Waals surface area contributed by atoms with Crippen LogP contribution in [-0.2, 0) is 6.42 Å². The van der Waals surface area contributed by atoms with Gasteiger partial charge in [0.1, 0.15) is 5.75 Å². The first kappa shape index (κ1) is 20.5. The molecule has 0 bridgehead atoms. The van der Waals surface area contributed by atoms with Gasteiger partial charge in [-0.15, -0.1) is 5.10 Å². The van der Waals surface area contributed by atoms with Crippen LogP contribution < -0.4 is 10.1 Å². The van der Waals surface area contributed by atoms with Crippen molar-refractivity contribution in [3.8, 4) is 22.6 Å². The van der Waals surface area contributed by atoms with E-state index in [4.69, 9.17) is 4.74 Å². The quantitative estimate of drug-likeness (QED) is 0.665. The molecule has 0 unspecified atom stereocenters. The Morgan fingerprint density at radius 1 is 1.17 bits per heavy atom. The molecule has 0 saturated carbocycles. The highest BCUT2D eigenvalue weighted by atomic mass is 16.6. The van der Waals surface area contributed by atoms with Crippen molar-refractivity contribution in [2.45, 2.75) is 39.7 Å². The Hall–Kier alpha value is -3.26. The maximum atomic E-state index is 12.3. The van der Waals surface area contributed by atoms with Crippen molar-refractivity contribution in [1.29, 1.82) is 0 Å². The summed E-state index contributed by atoms with van der Waals surface area (Å²) in [7, 11) is 0. The van der Waals surface area contributed by atoms with Crippen LogP contribution >= 0.6 is 0 Å². The number of hydrogen-bond donors (Lipinski definition) is 2. The first-order valence-electron chi connectivity index (χ1n) is 9.42. The molecule has 2 N–H and O–H groups in total. The van der Waals surface area contributed by atoms with Crippen LogP contribution in [0, 0.1) is 6.92 Å². The number of rotatable bonds is 6. The Kier molecular flexibility index (Phi) is 5.93. The van der Waals surface area contributed by atoms with Gasteiger partial charge in [0.25, 0.3) is 0 Å². The van der Waals surface area contributed by atoms with E-state index in [0.29, 0.717) is 23.7 Å². The second kappa shape index (κ2) is 8.40. The summed E-state index contributed by atoms with van der Waals surface area (Å²) in [5, 5.41) is 23.8. The van der Waals surface area contributed by atoms with Crippen LogP contribution in [0.1, 0.15) is 32.2 Å².